The monoisotopic (exact) mass is 250 g/mol. The molecule has 5 nitrogen and oxygen atoms in total. The lowest BCUT2D eigenvalue weighted by atomic mass is 9.85. The molecule has 1 aromatic rings. The van der Waals surface area contributed by atoms with Crippen molar-refractivity contribution in [3.8, 4) is 0 Å². The summed E-state index contributed by atoms with van der Waals surface area (Å²) in [5, 5.41) is 16.2. The first-order chi connectivity index (χ1) is 8.69. The molecule has 2 N–H and O–H groups in total. The van der Waals surface area contributed by atoms with Gasteiger partial charge in [0.15, 0.2) is 0 Å². The molecule has 0 radical (unpaired) electrons. The van der Waals surface area contributed by atoms with Gasteiger partial charge in [-0.2, -0.15) is 0 Å². The third-order valence-corrected chi connectivity index (χ3v) is 4.45. The Labute approximate surface area is 106 Å². The van der Waals surface area contributed by atoms with Gasteiger partial charge in [0.2, 0.25) is 5.76 Å². The van der Waals surface area contributed by atoms with Gasteiger partial charge in [-0.15, -0.1) is 0 Å². The van der Waals surface area contributed by atoms with Gasteiger partial charge < -0.3 is 14.9 Å². The van der Waals surface area contributed by atoms with Crippen molar-refractivity contribution in [2.45, 2.75) is 32.2 Å². The summed E-state index contributed by atoms with van der Waals surface area (Å²) in [5.41, 5.74) is 0.701. The highest BCUT2D eigenvalue weighted by atomic mass is 16.5. The fourth-order valence-electron chi connectivity index (χ4n) is 3.59. The molecule has 0 aromatic carbocycles. The van der Waals surface area contributed by atoms with Crippen LogP contribution in [-0.4, -0.2) is 28.8 Å². The molecule has 1 amide bonds. The lowest BCUT2D eigenvalue weighted by Gasteiger charge is -2.30. The second-order valence-corrected chi connectivity index (χ2v) is 5.51. The van der Waals surface area contributed by atoms with E-state index >= 15 is 0 Å². The molecule has 1 aromatic heterocycles. The van der Waals surface area contributed by atoms with Crippen LogP contribution < -0.4 is 5.32 Å². The number of aromatic nitrogens is 1. The number of aliphatic hydroxyl groups excluding tert-OH is 1. The summed E-state index contributed by atoms with van der Waals surface area (Å²) >= 11 is 0. The smallest absolute Gasteiger partial charge is 0.290 e. The number of amides is 1. The molecular weight excluding hydrogens is 232 g/mol. The third kappa shape index (κ3) is 1.82. The number of nitrogens with zero attached hydrogens (tertiary/aromatic N) is 1. The van der Waals surface area contributed by atoms with Crippen molar-refractivity contribution >= 4 is 5.91 Å². The minimum Gasteiger partial charge on any atom is -0.396 e. The Balaban J connectivity index is 1.71. The molecule has 1 heterocycles. The minimum atomic E-state index is -0.216. The van der Waals surface area contributed by atoms with Crippen LogP contribution in [0.3, 0.4) is 0 Å². The summed E-state index contributed by atoms with van der Waals surface area (Å²) in [4.78, 5) is 12.0. The topological polar surface area (TPSA) is 75.4 Å². The lowest BCUT2D eigenvalue weighted by molar-refractivity contribution is 0.0826. The van der Waals surface area contributed by atoms with Gasteiger partial charge in [-0.25, -0.2) is 0 Å². The molecule has 4 unspecified atom stereocenters. The summed E-state index contributed by atoms with van der Waals surface area (Å²) in [5.74, 6) is 1.33. The molecule has 2 fully saturated rings. The van der Waals surface area contributed by atoms with E-state index in [2.05, 4.69) is 10.5 Å². The van der Waals surface area contributed by atoms with Crippen LogP contribution in [0.2, 0.25) is 0 Å². The first-order valence-corrected chi connectivity index (χ1v) is 6.54. The number of nitrogens with one attached hydrogen (secondary N) is 1. The fourth-order valence-corrected chi connectivity index (χ4v) is 3.59. The second-order valence-electron chi connectivity index (χ2n) is 5.51. The summed E-state index contributed by atoms with van der Waals surface area (Å²) in [6.45, 7) is 1.94. The van der Waals surface area contributed by atoms with Crippen molar-refractivity contribution < 1.29 is 14.4 Å². The van der Waals surface area contributed by atoms with E-state index in [4.69, 9.17) is 4.52 Å². The Morgan fingerprint density at radius 3 is 3.00 bits per heavy atom. The van der Waals surface area contributed by atoms with Gasteiger partial charge in [0.1, 0.15) is 0 Å². The average Bonchev–Trinajstić information content (AvgIpc) is 3.03. The summed E-state index contributed by atoms with van der Waals surface area (Å²) in [6, 6.07) is 1.72. The highest BCUT2D eigenvalue weighted by Crippen LogP contribution is 2.48. The van der Waals surface area contributed by atoms with E-state index in [-0.39, 0.29) is 30.2 Å². The largest absolute Gasteiger partial charge is 0.396 e. The van der Waals surface area contributed by atoms with Crippen molar-refractivity contribution in [1.82, 2.24) is 10.5 Å². The van der Waals surface area contributed by atoms with Crippen molar-refractivity contribution in [2.24, 2.45) is 17.8 Å². The molecule has 2 aliphatic carbocycles. The van der Waals surface area contributed by atoms with Crippen LogP contribution in [0.5, 0.6) is 0 Å². The highest BCUT2D eigenvalue weighted by molar-refractivity contribution is 5.91. The van der Waals surface area contributed by atoms with Crippen molar-refractivity contribution in [3.05, 3.63) is 17.5 Å². The maximum absolute atomic E-state index is 12.0. The Kier molecular flexibility index (Phi) is 2.86. The van der Waals surface area contributed by atoms with Crippen molar-refractivity contribution in [2.75, 3.05) is 6.61 Å². The number of carbonyl (C=O) groups excluding carboxylic acids is 1. The van der Waals surface area contributed by atoms with Crippen molar-refractivity contribution in [3.63, 3.8) is 0 Å². The summed E-state index contributed by atoms with van der Waals surface area (Å²) in [6.07, 6.45) is 3.47. The average molecular weight is 250 g/mol. The van der Waals surface area contributed by atoms with Gasteiger partial charge >= 0.3 is 0 Å². The number of fused-ring (bicyclic) bond motifs is 2. The Bertz CT molecular complexity index is 457. The van der Waals surface area contributed by atoms with Crippen LogP contribution >= 0.6 is 0 Å². The lowest BCUT2D eigenvalue weighted by Crippen LogP contribution is -2.45. The molecule has 3 rings (SSSR count). The van der Waals surface area contributed by atoms with Gasteiger partial charge in [0.05, 0.1) is 5.69 Å². The van der Waals surface area contributed by atoms with Crippen molar-refractivity contribution in [1.29, 1.82) is 0 Å². The predicted molar refractivity (Wildman–Crippen MR) is 63.9 cm³/mol. The molecule has 2 aliphatic rings. The zero-order valence-electron chi connectivity index (χ0n) is 10.4. The van der Waals surface area contributed by atoms with Crippen LogP contribution in [0.1, 0.15) is 35.5 Å². The molecule has 0 aliphatic heterocycles. The third-order valence-electron chi connectivity index (χ3n) is 4.45. The normalized spacial score (nSPS) is 33.9. The molecule has 0 saturated heterocycles. The predicted octanol–water partition coefficient (Wildman–Crippen LogP) is 1.12. The van der Waals surface area contributed by atoms with E-state index in [1.165, 1.54) is 6.42 Å². The van der Waals surface area contributed by atoms with Crippen LogP contribution in [0.25, 0.3) is 0 Å². The molecular formula is C13H18N2O3. The summed E-state index contributed by atoms with van der Waals surface area (Å²) < 4.78 is 4.96. The van der Waals surface area contributed by atoms with E-state index in [1.54, 1.807) is 13.0 Å². The first-order valence-electron chi connectivity index (χ1n) is 6.54. The number of hydrogen-bond acceptors (Lipinski definition) is 4. The highest BCUT2D eigenvalue weighted by Gasteiger charge is 2.47. The van der Waals surface area contributed by atoms with E-state index in [9.17, 15) is 9.90 Å². The molecule has 98 valence electrons. The minimum absolute atomic E-state index is 0.0895. The van der Waals surface area contributed by atoms with E-state index in [0.29, 0.717) is 17.5 Å². The molecule has 2 saturated carbocycles. The molecule has 2 bridgehead atoms. The Morgan fingerprint density at radius 2 is 2.33 bits per heavy atom. The standard InChI is InChI=1S/C13H18N2O3/c1-7-4-11(18-15-7)13(17)14-12-9-3-2-8(5-9)10(12)6-16/h4,8-10,12,16H,2-3,5-6H2,1H3,(H,14,17). The van der Waals surface area contributed by atoms with Gasteiger partial charge in [0.25, 0.3) is 5.91 Å². The van der Waals surface area contributed by atoms with E-state index in [0.717, 1.165) is 12.8 Å². The second kappa shape index (κ2) is 4.39. The number of hydrogen-bond donors (Lipinski definition) is 2. The van der Waals surface area contributed by atoms with Gasteiger partial charge in [0, 0.05) is 24.6 Å². The first kappa shape index (κ1) is 11.7. The number of aryl methyl sites for hydroxylation is 1. The molecule has 5 heteroatoms. The van der Waals surface area contributed by atoms with Crippen LogP contribution in [0, 0.1) is 24.7 Å². The quantitative estimate of drug-likeness (QED) is 0.843. The molecule has 0 spiro atoms. The van der Waals surface area contributed by atoms with Gasteiger partial charge in [-0.3, -0.25) is 4.79 Å². The zero-order chi connectivity index (χ0) is 12.7. The van der Waals surface area contributed by atoms with Gasteiger partial charge in [-0.05, 0) is 38.0 Å². The van der Waals surface area contributed by atoms with Crippen LogP contribution in [0.4, 0.5) is 0 Å². The SMILES string of the molecule is Cc1cc(C(=O)NC2C3CCC(C3)C2CO)on1. The maximum Gasteiger partial charge on any atom is 0.290 e. The number of carbonyl (C=O) groups is 1. The zero-order valence-corrected chi connectivity index (χ0v) is 10.4. The van der Waals surface area contributed by atoms with Crippen LogP contribution in [-0.2, 0) is 0 Å². The van der Waals surface area contributed by atoms with Crippen LogP contribution in [0.15, 0.2) is 10.6 Å². The Hall–Kier alpha value is -1.36. The number of rotatable bonds is 3. The van der Waals surface area contributed by atoms with Gasteiger partial charge in [-0.1, -0.05) is 5.16 Å². The Morgan fingerprint density at radius 1 is 1.56 bits per heavy atom. The molecule has 18 heavy (non-hydrogen) atoms. The molecule has 4 atom stereocenters. The fraction of sp³-hybridized carbons (Fsp3) is 0.692. The van der Waals surface area contributed by atoms with E-state index < -0.39 is 0 Å². The van der Waals surface area contributed by atoms with E-state index in [1.807, 2.05) is 0 Å². The summed E-state index contributed by atoms with van der Waals surface area (Å²) in [7, 11) is 0. The maximum atomic E-state index is 12.0. The number of aliphatic hydroxyl groups is 1.